The third-order valence-corrected chi connectivity index (χ3v) is 5.45. The van der Waals surface area contributed by atoms with E-state index >= 15 is 0 Å². The number of aromatic nitrogens is 1. The van der Waals surface area contributed by atoms with E-state index < -0.39 is 18.5 Å². The molecule has 0 bridgehead atoms. The molecule has 4 rings (SSSR count). The second kappa shape index (κ2) is 10.0. The lowest BCUT2D eigenvalue weighted by molar-refractivity contribution is -0.119. The fourth-order valence-corrected chi connectivity index (χ4v) is 3.82. The van der Waals surface area contributed by atoms with Gasteiger partial charge in [0.05, 0.1) is 12.7 Å². The molecule has 0 aliphatic carbocycles. The predicted octanol–water partition coefficient (Wildman–Crippen LogP) is 4.92. The number of thioether (sulfide) groups is 1. The van der Waals surface area contributed by atoms with Crippen LogP contribution in [0, 0.1) is 0 Å². The van der Waals surface area contributed by atoms with E-state index in [9.17, 15) is 9.59 Å². The lowest BCUT2D eigenvalue weighted by Crippen LogP contribution is -2.21. The first-order valence-corrected chi connectivity index (χ1v) is 10.8. The molecule has 1 N–H and O–H groups in total. The number of carbonyl (C=O) groups excluding carboxylic acids is 2. The van der Waals surface area contributed by atoms with Gasteiger partial charge in [-0.15, -0.1) is 0 Å². The van der Waals surface area contributed by atoms with Gasteiger partial charge in [-0.3, -0.25) is 4.79 Å². The van der Waals surface area contributed by atoms with Crippen LogP contribution in [0.15, 0.2) is 82.4 Å². The van der Waals surface area contributed by atoms with Crippen LogP contribution in [0.4, 0.5) is 5.69 Å². The molecule has 4 aromatic rings. The summed E-state index contributed by atoms with van der Waals surface area (Å²) in [7, 11) is 1.57. The summed E-state index contributed by atoms with van der Waals surface area (Å²) in [4.78, 5) is 29.2. The topological polar surface area (TPSA) is 90.7 Å². The van der Waals surface area contributed by atoms with Gasteiger partial charge in [-0.05, 0) is 48.0 Å². The Kier molecular flexibility index (Phi) is 6.72. The minimum absolute atomic E-state index is 0.391. The van der Waals surface area contributed by atoms with Crippen LogP contribution in [-0.2, 0) is 15.3 Å². The van der Waals surface area contributed by atoms with Gasteiger partial charge in [0, 0.05) is 11.4 Å². The number of para-hydroxylation sites is 2. The zero-order chi connectivity index (χ0) is 22.3. The predicted molar refractivity (Wildman–Crippen MR) is 122 cm³/mol. The SMILES string of the molecule is COc1ccc(NC(=O)COC(=O)c2ccccc2CSc2nc3ccccc3o2)cc1. The number of esters is 1. The quantitative estimate of drug-likeness (QED) is 0.302. The normalized spacial score (nSPS) is 10.7. The summed E-state index contributed by atoms with van der Waals surface area (Å²) in [5, 5.41) is 3.20. The van der Waals surface area contributed by atoms with Crippen molar-refractivity contribution in [3.05, 3.63) is 83.9 Å². The van der Waals surface area contributed by atoms with Gasteiger partial charge in [-0.2, -0.15) is 0 Å². The van der Waals surface area contributed by atoms with E-state index in [1.54, 1.807) is 43.5 Å². The summed E-state index contributed by atoms with van der Waals surface area (Å²) < 4.78 is 16.0. The number of anilines is 1. The molecule has 162 valence electrons. The number of methoxy groups -OCH3 is 1. The van der Waals surface area contributed by atoms with Crippen molar-refractivity contribution in [1.29, 1.82) is 0 Å². The molecule has 1 amide bonds. The highest BCUT2D eigenvalue weighted by Gasteiger charge is 2.16. The Labute approximate surface area is 188 Å². The summed E-state index contributed by atoms with van der Waals surface area (Å²) in [5.74, 6) is 0.156. The van der Waals surface area contributed by atoms with Gasteiger partial charge in [0.15, 0.2) is 12.2 Å². The first-order valence-electron chi connectivity index (χ1n) is 9.79. The Balaban J connectivity index is 1.34. The average molecular weight is 449 g/mol. The van der Waals surface area contributed by atoms with E-state index in [-0.39, 0.29) is 0 Å². The van der Waals surface area contributed by atoms with Gasteiger partial charge in [-0.25, -0.2) is 9.78 Å². The third-order valence-electron chi connectivity index (χ3n) is 4.57. The van der Waals surface area contributed by atoms with E-state index in [0.717, 1.165) is 11.1 Å². The number of benzene rings is 3. The zero-order valence-corrected chi connectivity index (χ0v) is 18.1. The summed E-state index contributed by atoms with van der Waals surface area (Å²) in [6.45, 7) is -0.391. The van der Waals surface area contributed by atoms with Crippen molar-refractivity contribution in [2.45, 2.75) is 11.0 Å². The van der Waals surface area contributed by atoms with Gasteiger partial charge in [0.25, 0.3) is 11.1 Å². The Hall–Kier alpha value is -3.78. The van der Waals surface area contributed by atoms with E-state index in [2.05, 4.69) is 10.3 Å². The fraction of sp³-hybridized carbons (Fsp3) is 0.125. The van der Waals surface area contributed by atoms with Crippen LogP contribution in [-0.4, -0.2) is 30.6 Å². The Morgan fingerprint density at radius 3 is 2.53 bits per heavy atom. The third kappa shape index (κ3) is 5.28. The maximum atomic E-state index is 12.6. The van der Waals surface area contributed by atoms with Crippen molar-refractivity contribution < 1.29 is 23.5 Å². The number of oxazole rings is 1. The molecule has 3 aromatic carbocycles. The van der Waals surface area contributed by atoms with E-state index in [4.69, 9.17) is 13.9 Å². The van der Waals surface area contributed by atoms with Crippen molar-refractivity contribution in [2.75, 3.05) is 19.0 Å². The Morgan fingerprint density at radius 1 is 1.00 bits per heavy atom. The first kappa shape index (κ1) is 21.5. The zero-order valence-electron chi connectivity index (χ0n) is 17.2. The maximum absolute atomic E-state index is 12.6. The highest BCUT2D eigenvalue weighted by molar-refractivity contribution is 7.98. The van der Waals surface area contributed by atoms with Crippen molar-refractivity contribution in [3.63, 3.8) is 0 Å². The molecular weight excluding hydrogens is 428 g/mol. The maximum Gasteiger partial charge on any atom is 0.338 e. The number of rotatable bonds is 8. The molecule has 0 aliphatic rings. The number of hydrogen-bond donors (Lipinski definition) is 1. The highest BCUT2D eigenvalue weighted by Crippen LogP contribution is 2.27. The lowest BCUT2D eigenvalue weighted by atomic mass is 10.1. The fourth-order valence-electron chi connectivity index (χ4n) is 2.98. The second-order valence-corrected chi connectivity index (χ2v) is 7.67. The van der Waals surface area contributed by atoms with Crippen LogP contribution in [0.5, 0.6) is 5.75 Å². The van der Waals surface area contributed by atoms with Crippen molar-refractivity contribution >= 4 is 40.4 Å². The van der Waals surface area contributed by atoms with Crippen LogP contribution in [0.3, 0.4) is 0 Å². The first-order chi connectivity index (χ1) is 15.6. The molecule has 0 radical (unpaired) electrons. The molecule has 0 spiro atoms. The summed E-state index contributed by atoms with van der Waals surface area (Å²) in [6.07, 6.45) is 0. The van der Waals surface area contributed by atoms with Crippen LogP contribution >= 0.6 is 11.8 Å². The second-order valence-electron chi connectivity index (χ2n) is 6.75. The number of ether oxygens (including phenoxy) is 2. The molecule has 32 heavy (non-hydrogen) atoms. The van der Waals surface area contributed by atoms with Gasteiger partial charge in [-0.1, -0.05) is 42.1 Å². The number of carbonyl (C=O) groups is 2. The summed E-state index contributed by atoms with van der Waals surface area (Å²) >= 11 is 1.38. The molecule has 0 saturated carbocycles. The Morgan fingerprint density at radius 2 is 1.75 bits per heavy atom. The lowest BCUT2D eigenvalue weighted by Gasteiger charge is -2.10. The van der Waals surface area contributed by atoms with Gasteiger partial charge in [0.2, 0.25) is 0 Å². The highest BCUT2D eigenvalue weighted by atomic mass is 32.2. The minimum Gasteiger partial charge on any atom is -0.497 e. The standard InChI is InChI=1S/C24H20N2O5S/c1-29-18-12-10-17(11-13-18)25-22(27)14-30-23(28)19-7-3-2-6-16(19)15-32-24-26-20-8-4-5-9-21(20)31-24/h2-13H,14-15H2,1H3,(H,25,27). The molecule has 0 atom stereocenters. The molecule has 7 nitrogen and oxygen atoms in total. The van der Waals surface area contributed by atoms with Crippen LogP contribution in [0.25, 0.3) is 11.1 Å². The monoisotopic (exact) mass is 448 g/mol. The number of hydrogen-bond acceptors (Lipinski definition) is 7. The number of fused-ring (bicyclic) bond motifs is 1. The van der Waals surface area contributed by atoms with Crippen molar-refractivity contribution in [1.82, 2.24) is 4.98 Å². The van der Waals surface area contributed by atoms with Crippen LogP contribution in [0.1, 0.15) is 15.9 Å². The number of nitrogens with one attached hydrogen (secondary N) is 1. The Bertz CT molecular complexity index is 1200. The van der Waals surface area contributed by atoms with Gasteiger partial charge < -0.3 is 19.2 Å². The minimum atomic E-state index is -0.566. The number of amides is 1. The number of nitrogens with zero attached hydrogens (tertiary/aromatic N) is 1. The van der Waals surface area contributed by atoms with E-state index in [0.29, 0.717) is 33.6 Å². The largest absolute Gasteiger partial charge is 0.497 e. The van der Waals surface area contributed by atoms with Gasteiger partial charge >= 0.3 is 5.97 Å². The molecule has 1 heterocycles. The summed E-state index contributed by atoms with van der Waals surface area (Å²) in [6, 6.07) is 21.5. The average Bonchev–Trinajstić information content (AvgIpc) is 3.25. The van der Waals surface area contributed by atoms with Crippen molar-refractivity contribution in [3.8, 4) is 5.75 Å². The summed E-state index contributed by atoms with van der Waals surface area (Å²) in [5.41, 5.74) is 3.24. The molecule has 0 aliphatic heterocycles. The van der Waals surface area contributed by atoms with E-state index in [1.165, 1.54) is 11.8 Å². The van der Waals surface area contributed by atoms with Gasteiger partial charge in [0.1, 0.15) is 11.3 Å². The smallest absolute Gasteiger partial charge is 0.338 e. The van der Waals surface area contributed by atoms with Crippen molar-refractivity contribution in [2.24, 2.45) is 0 Å². The molecule has 0 saturated heterocycles. The molecule has 8 heteroatoms. The molecular formula is C24H20N2O5S. The molecule has 0 fully saturated rings. The molecule has 0 unspecified atom stereocenters. The van der Waals surface area contributed by atoms with Crippen LogP contribution < -0.4 is 10.1 Å². The van der Waals surface area contributed by atoms with E-state index in [1.807, 2.05) is 36.4 Å². The van der Waals surface area contributed by atoms with Crippen LogP contribution in [0.2, 0.25) is 0 Å². The molecule has 1 aromatic heterocycles.